The van der Waals surface area contributed by atoms with Gasteiger partial charge < -0.3 is 4.74 Å². The Kier molecular flexibility index (Phi) is 4.75. The number of alkyl halides is 3. The van der Waals surface area contributed by atoms with E-state index in [9.17, 15) is 8.78 Å². The molecule has 0 fully saturated rings. The summed E-state index contributed by atoms with van der Waals surface area (Å²) in [6, 6.07) is 6.53. The Morgan fingerprint density at radius 2 is 2.00 bits per heavy atom. The van der Waals surface area contributed by atoms with E-state index in [1.807, 2.05) is 13.0 Å². The molecular weight excluding hydrogens is 266 g/mol. The largest absolute Gasteiger partial charge is 0.435 e. The lowest BCUT2D eigenvalue weighted by atomic mass is 10.1. The average molecular weight is 277 g/mol. The van der Waals surface area contributed by atoms with Crippen LogP contribution in [0.1, 0.15) is 12.5 Å². The van der Waals surface area contributed by atoms with Crippen molar-refractivity contribution in [1.82, 2.24) is 0 Å². The van der Waals surface area contributed by atoms with E-state index in [0.717, 1.165) is 16.5 Å². The minimum absolute atomic E-state index is 0.179. The van der Waals surface area contributed by atoms with Gasteiger partial charge in [-0.3, -0.25) is 0 Å². The molecule has 1 rings (SSSR count). The monoisotopic (exact) mass is 276 g/mol. The van der Waals surface area contributed by atoms with Crippen LogP contribution in [0.25, 0.3) is 6.08 Å². The van der Waals surface area contributed by atoms with Crippen LogP contribution >= 0.6 is 15.9 Å². The second kappa shape index (κ2) is 5.85. The Morgan fingerprint density at radius 1 is 1.40 bits per heavy atom. The van der Waals surface area contributed by atoms with Crippen LogP contribution in [0.4, 0.5) is 8.78 Å². The van der Waals surface area contributed by atoms with Gasteiger partial charge in [0.25, 0.3) is 0 Å². The molecule has 1 aromatic rings. The predicted octanol–water partition coefficient (Wildman–Crippen LogP) is 4.09. The van der Waals surface area contributed by atoms with Crippen LogP contribution in [0.15, 0.2) is 29.8 Å². The van der Waals surface area contributed by atoms with Crippen molar-refractivity contribution >= 4 is 22.0 Å². The zero-order chi connectivity index (χ0) is 11.3. The standard InChI is InChI=1S/C11H11BrF2O/c1-8(7-12)6-9-2-4-10(5-3-9)15-11(13)14/h2-6,11H,7H2,1H3. The van der Waals surface area contributed by atoms with Crippen molar-refractivity contribution in [3.63, 3.8) is 0 Å². The summed E-state index contributed by atoms with van der Waals surface area (Å²) in [5.74, 6) is 0.179. The minimum atomic E-state index is -2.77. The second-order valence-electron chi connectivity index (χ2n) is 3.07. The van der Waals surface area contributed by atoms with Crippen LogP contribution in [0.2, 0.25) is 0 Å². The molecule has 0 amide bonds. The molecular formula is C11H11BrF2O. The molecule has 0 heterocycles. The van der Waals surface area contributed by atoms with Gasteiger partial charge in [-0.2, -0.15) is 8.78 Å². The van der Waals surface area contributed by atoms with E-state index in [-0.39, 0.29) is 5.75 Å². The Hall–Kier alpha value is -0.900. The summed E-state index contributed by atoms with van der Waals surface area (Å²) in [4.78, 5) is 0. The van der Waals surface area contributed by atoms with Gasteiger partial charge in [-0.1, -0.05) is 39.7 Å². The van der Waals surface area contributed by atoms with Crippen LogP contribution in [0.5, 0.6) is 5.75 Å². The summed E-state index contributed by atoms with van der Waals surface area (Å²) in [5, 5.41) is 0.794. The SMILES string of the molecule is CC(=Cc1ccc(OC(F)F)cc1)CBr. The first-order valence-electron chi connectivity index (χ1n) is 4.40. The molecule has 1 nitrogen and oxygen atoms in total. The van der Waals surface area contributed by atoms with Crippen LogP contribution in [-0.2, 0) is 0 Å². The quantitative estimate of drug-likeness (QED) is 0.753. The van der Waals surface area contributed by atoms with Crippen LogP contribution < -0.4 is 4.74 Å². The molecule has 0 atom stereocenters. The van der Waals surface area contributed by atoms with Gasteiger partial charge in [-0.25, -0.2) is 0 Å². The zero-order valence-electron chi connectivity index (χ0n) is 8.21. The van der Waals surface area contributed by atoms with Crippen molar-refractivity contribution in [3.8, 4) is 5.75 Å². The summed E-state index contributed by atoms with van der Waals surface area (Å²) < 4.78 is 27.9. The molecule has 0 aromatic heterocycles. The number of hydrogen-bond acceptors (Lipinski definition) is 1. The number of hydrogen-bond donors (Lipinski definition) is 0. The highest BCUT2D eigenvalue weighted by atomic mass is 79.9. The normalized spacial score (nSPS) is 11.9. The summed E-state index contributed by atoms with van der Waals surface area (Å²) >= 11 is 3.33. The summed E-state index contributed by atoms with van der Waals surface area (Å²) in [5.41, 5.74) is 2.13. The van der Waals surface area contributed by atoms with Crippen molar-refractivity contribution in [2.75, 3.05) is 5.33 Å². The lowest BCUT2D eigenvalue weighted by Crippen LogP contribution is -2.01. The van der Waals surface area contributed by atoms with Crippen molar-refractivity contribution < 1.29 is 13.5 Å². The van der Waals surface area contributed by atoms with Crippen molar-refractivity contribution in [3.05, 3.63) is 35.4 Å². The average Bonchev–Trinajstić information content (AvgIpc) is 2.20. The molecule has 0 saturated carbocycles. The van der Waals surface area contributed by atoms with Crippen molar-refractivity contribution in [2.45, 2.75) is 13.5 Å². The molecule has 0 aliphatic carbocycles. The topological polar surface area (TPSA) is 9.23 Å². The molecule has 0 unspecified atom stereocenters. The molecule has 0 aliphatic heterocycles. The molecule has 0 radical (unpaired) electrons. The highest BCUT2D eigenvalue weighted by Gasteiger charge is 2.02. The molecule has 4 heteroatoms. The van der Waals surface area contributed by atoms with Gasteiger partial charge in [0.05, 0.1) is 0 Å². The van der Waals surface area contributed by atoms with Gasteiger partial charge >= 0.3 is 6.61 Å². The third-order valence-electron chi connectivity index (χ3n) is 1.73. The van der Waals surface area contributed by atoms with E-state index in [2.05, 4.69) is 20.7 Å². The highest BCUT2D eigenvalue weighted by molar-refractivity contribution is 9.09. The first-order chi connectivity index (χ1) is 7.11. The van der Waals surface area contributed by atoms with Gasteiger partial charge in [0.1, 0.15) is 5.75 Å². The van der Waals surface area contributed by atoms with Crippen molar-refractivity contribution in [1.29, 1.82) is 0 Å². The Balaban J connectivity index is 2.72. The molecule has 82 valence electrons. The van der Waals surface area contributed by atoms with E-state index in [0.29, 0.717) is 0 Å². The Bertz CT molecular complexity index is 333. The fraction of sp³-hybridized carbons (Fsp3) is 0.273. The van der Waals surface area contributed by atoms with Crippen LogP contribution in [-0.4, -0.2) is 11.9 Å². The molecule has 0 spiro atoms. The minimum Gasteiger partial charge on any atom is -0.435 e. The fourth-order valence-electron chi connectivity index (χ4n) is 1.07. The lowest BCUT2D eigenvalue weighted by Gasteiger charge is -2.04. The maximum absolute atomic E-state index is 11.8. The van der Waals surface area contributed by atoms with Gasteiger partial charge in [-0.05, 0) is 24.6 Å². The molecule has 0 N–H and O–H groups in total. The molecule has 1 aromatic carbocycles. The third-order valence-corrected chi connectivity index (χ3v) is 2.61. The van der Waals surface area contributed by atoms with E-state index in [4.69, 9.17) is 0 Å². The van der Waals surface area contributed by atoms with Gasteiger partial charge in [0.2, 0.25) is 0 Å². The number of rotatable bonds is 4. The van der Waals surface area contributed by atoms with Crippen LogP contribution in [0, 0.1) is 0 Å². The number of allylic oxidation sites excluding steroid dienone is 1. The predicted molar refractivity (Wildman–Crippen MR) is 60.5 cm³/mol. The Morgan fingerprint density at radius 3 is 2.47 bits per heavy atom. The first-order valence-corrected chi connectivity index (χ1v) is 5.52. The Labute approximate surface area is 95.9 Å². The maximum Gasteiger partial charge on any atom is 0.387 e. The van der Waals surface area contributed by atoms with E-state index >= 15 is 0 Å². The number of benzene rings is 1. The van der Waals surface area contributed by atoms with Gasteiger partial charge in [0.15, 0.2) is 0 Å². The first kappa shape index (κ1) is 12.2. The smallest absolute Gasteiger partial charge is 0.387 e. The van der Waals surface area contributed by atoms with E-state index in [1.54, 1.807) is 12.1 Å². The van der Waals surface area contributed by atoms with E-state index in [1.165, 1.54) is 12.1 Å². The molecule has 15 heavy (non-hydrogen) atoms. The van der Waals surface area contributed by atoms with E-state index < -0.39 is 6.61 Å². The summed E-state index contributed by atoms with van der Waals surface area (Å²) in [6.45, 7) is -0.783. The summed E-state index contributed by atoms with van der Waals surface area (Å²) in [7, 11) is 0. The molecule has 0 aliphatic rings. The lowest BCUT2D eigenvalue weighted by molar-refractivity contribution is -0.0498. The zero-order valence-corrected chi connectivity index (χ0v) is 9.80. The fourth-order valence-corrected chi connectivity index (χ4v) is 1.23. The van der Waals surface area contributed by atoms with Gasteiger partial charge in [-0.15, -0.1) is 0 Å². The molecule has 0 bridgehead atoms. The molecule has 0 saturated heterocycles. The van der Waals surface area contributed by atoms with Crippen LogP contribution in [0.3, 0.4) is 0 Å². The van der Waals surface area contributed by atoms with Gasteiger partial charge in [0, 0.05) is 5.33 Å². The second-order valence-corrected chi connectivity index (χ2v) is 3.63. The third kappa shape index (κ3) is 4.42. The highest BCUT2D eigenvalue weighted by Crippen LogP contribution is 2.16. The maximum atomic E-state index is 11.8. The summed E-state index contributed by atoms with van der Waals surface area (Å²) in [6.07, 6.45) is 1.97. The number of ether oxygens (including phenoxy) is 1. The number of halogens is 3. The van der Waals surface area contributed by atoms with Crippen molar-refractivity contribution in [2.24, 2.45) is 0 Å².